The number of hydrogen-bond acceptors (Lipinski definition) is 2. The van der Waals surface area contributed by atoms with Gasteiger partial charge in [0.2, 0.25) is 0 Å². The van der Waals surface area contributed by atoms with Gasteiger partial charge in [0.15, 0.2) is 18.4 Å². The molecule has 3 N–H and O–H groups in total. The van der Waals surface area contributed by atoms with Crippen LogP contribution in [0.4, 0.5) is 0 Å². The molecule has 1 aliphatic rings. The molecule has 5 heteroatoms. The largest absolute Gasteiger partial charge is 0.316 e. The summed E-state index contributed by atoms with van der Waals surface area (Å²) in [5.41, 5.74) is 1.34. The zero-order valence-electron chi connectivity index (χ0n) is 8.49. The van der Waals surface area contributed by atoms with E-state index in [9.17, 15) is 0 Å². The van der Waals surface area contributed by atoms with Crippen molar-refractivity contribution < 1.29 is 4.90 Å². The van der Waals surface area contributed by atoms with E-state index in [1.807, 2.05) is 12.4 Å². The second kappa shape index (κ2) is 5.04. The Labute approximate surface area is 94.7 Å². The van der Waals surface area contributed by atoms with Crippen molar-refractivity contribution in [3.05, 3.63) is 30.1 Å². The Morgan fingerprint density at radius 2 is 1.93 bits per heavy atom. The third kappa shape index (κ3) is 3.14. The molecule has 0 atom stereocenters. The van der Waals surface area contributed by atoms with E-state index >= 15 is 0 Å². The average Bonchev–Trinajstić information content (AvgIpc) is 2.30. The monoisotopic (exact) mass is 223 g/mol. The van der Waals surface area contributed by atoms with E-state index in [0.717, 1.165) is 31.4 Å². The molecule has 1 fully saturated rings. The molecule has 1 aromatic rings. The number of nitrogens with zero attached hydrogens (tertiary/aromatic N) is 1. The molecule has 0 unspecified atom stereocenters. The van der Waals surface area contributed by atoms with Gasteiger partial charge in [-0.3, -0.25) is 4.98 Å². The van der Waals surface area contributed by atoms with Gasteiger partial charge in [-0.1, -0.05) is 0 Å². The predicted molar refractivity (Wildman–Crippen MR) is 62.4 cm³/mol. The van der Waals surface area contributed by atoms with Crippen LogP contribution in [0.3, 0.4) is 0 Å². The third-order valence-electron chi connectivity index (χ3n) is 2.51. The third-order valence-corrected chi connectivity index (χ3v) is 2.80. The van der Waals surface area contributed by atoms with E-state index in [2.05, 4.69) is 27.8 Å². The van der Waals surface area contributed by atoms with Crippen LogP contribution in [0, 0.1) is 0 Å². The van der Waals surface area contributed by atoms with Crippen LogP contribution in [0.25, 0.3) is 0 Å². The fraction of sp³-hybridized carbons (Fsp3) is 0.400. The van der Waals surface area contributed by atoms with Crippen LogP contribution in [0.2, 0.25) is 0 Å². The number of thiocarbonyl (C=S) groups is 1. The summed E-state index contributed by atoms with van der Waals surface area (Å²) < 4.78 is 0. The van der Waals surface area contributed by atoms with Crippen molar-refractivity contribution in [1.82, 2.24) is 15.6 Å². The Kier molecular flexibility index (Phi) is 3.47. The van der Waals surface area contributed by atoms with E-state index in [1.54, 1.807) is 0 Å². The number of aromatic nitrogens is 1. The van der Waals surface area contributed by atoms with Crippen molar-refractivity contribution in [3.8, 4) is 0 Å². The van der Waals surface area contributed by atoms with Gasteiger partial charge in [-0.2, -0.15) is 0 Å². The summed E-state index contributed by atoms with van der Waals surface area (Å²) in [7, 11) is 0. The SMILES string of the molecule is S=C1NC[NH+](CCc2ccncc2)CN1. The van der Waals surface area contributed by atoms with Gasteiger partial charge in [0.25, 0.3) is 0 Å². The zero-order chi connectivity index (χ0) is 10.5. The van der Waals surface area contributed by atoms with E-state index < -0.39 is 0 Å². The second-order valence-electron chi connectivity index (χ2n) is 3.64. The number of hydrogen-bond donors (Lipinski definition) is 3. The Hall–Kier alpha value is -1.20. The summed E-state index contributed by atoms with van der Waals surface area (Å²) >= 11 is 4.99. The Morgan fingerprint density at radius 3 is 2.60 bits per heavy atom. The minimum Gasteiger partial charge on any atom is -0.316 e. The first-order valence-electron chi connectivity index (χ1n) is 5.09. The van der Waals surface area contributed by atoms with Gasteiger partial charge >= 0.3 is 0 Å². The maximum absolute atomic E-state index is 4.99. The maximum atomic E-state index is 4.99. The zero-order valence-corrected chi connectivity index (χ0v) is 9.31. The smallest absolute Gasteiger partial charge is 0.174 e. The second-order valence-corrected chi connectivity index (χ2v) is 4.05. The molecule has 0 spiro atoms. The van der Waals surface area contributed by atoms with E-state index in [0.29, 0.717) is 0 Å². The molecule has 15 heavy (non-hydrogen) atoms. The molecule has 80 valence electrons. The highest BCUT2D eigenvalue weighted by Gasteiger charge is 2.14. The molecule has 1 aromatic heterocycles. The van der Waals surface area contributed by atoms with Crippen molar-refractivity contribution in [2.75, 3.05) is 19.9 Å². The normalized spacial score (nSPS) is 16.9. The molecule has 2 rings (SSSR count). The van der Waals surface area contributed by atoms with Gasteiger partial charge < -0.3 is 15.5 Å². The molecule has 2 heterocycles. The highest BCUT2D eigenvalue weighted by atomic mass is 32.1. The predicted octanol–water partition coefficient (Wildman–Crippen LogP) is -1.10. The van der Waals surface area contributed by atoms with Gasteiger partial charge in [-0.25, -0.2) is 0 Å². The molecule has 0 aliphatic carbocycles. The first kappa shape index (κ1) is 10.3. The molecule has 0 amide bonds. The van der Waals surface area contributed by atoms with Crippen LogP contribution < -0.4 is 15.5 Å². The minimum absolute atomic E-state index is 0.766. The van der Waals surface area contributed by atoms with Crippen molar-refractivity contribution in [3.63, 3.8) is 0 Å². The van der Waals surface area contributed by atoms with Gasteiger partial charge in [-0.05, 0) is 29.9 Å². The van der Waals surface area contributed by atoms with Gasteiger partial charge in [0.05, 0.1) is 6.54 Å². The maximum Gasteiger partial charge on any atom is 0.174 e. The first-order chi connectivity index (χ1) is 7.34. The van der Waals surface area contributed by atoms with Crippen LogP contribution in [0.15, 0.2) is 24.5 Å². The number of pyridine rings is 1. The van der Waals surface area contributed by atoms with Gasteiger partial charge in [0, 0.05) is 18.8 Å². The molecular formula is C10H15N4S+. The van der Waals surface area contributed by atoms with Gasteiger partial charge in [0.1, 0.15) is 0 Å². The van der Waals surface area contributed by atoms with Crippen LogP contribution in [0.1, 0.15) is 5.56 Å². The number of rotatable bonds is 3. The fourth-order valence-corrected chi connectivity index (χ4v) is 1.73. The molecule has 0 aromatic carbocycles. The van der Waals surface area contributed by atoms with Crippen molar-refractivity contribution in [2.24, 2.45) is 0 Å². The van der Waals surface area contributed by atoms with Crippen LogP contribution in [-0.4, -0.2) is 30.0 Å². The van der Waals surface area contributed by atoms with E-state index in [4.69, 9.17) is 12.2 Å². The molecule has 1 saturated heterocycles. The lowest BCUT2D eigenvalue weighted by molar-refractivity contribution is -0.906. The molecular weight excluding hydrogens is 208 g/mol. The molecule has 4 nitrogen and oxygen atoms in total. The van der Waals surface area contributed by atoms with Crippen LogP contribution >= 0.6 is 12.2 Å². The topological polar surface area (TPSA) is 41.4 Å². The highest BCUT2D eigenvalue weighted by molar-refractivity contribution is 7.80. The standard InChI is InChI=1S/C10H14N4S/c15-10-12-7-14(8-13-10)6-3-9-1-4-11-5-2-9/h1-2,4-5H,3,6-8H2,(H2,12,13,15)/p+1. The van der Waals surface area contributed by atoms with Gasteiger partial charge in [-0.15, -0.1) is 0 Å². The lowest BCUT2D eigenvalue weighted by Gasteiger charge is -2.26. The lowest BCUT2D eigenvalue weighted by Crippen LogP contribution is -3.17. The first-order valence-corrected chi connectivity index (χ1v) is 5.49. The highest BCUT2D eigenvalue weighted by Crippen LogP contribution is 1.94. The van der Waals surface area contributed by atoms with Crippen molar-refractivity contribution >= 4 is 17.3 Å². The number of quaternary nitrogens is 1. The Bertz CT molecular complexity index is 317. The fourth-order valence-electron chi connectivity index (χ4n) is 1.58. The summed E-state index contributed by atoms with van der Waals surface area (Å²) in [5.74, 6) is 0. The number of nitrogens with one attached hydrogen (secondary N) is 3. The summed E-state index contributed by atoms with van der Waals surface area (Å²) in [6.07, 6.45) is 4.76. The van der Waals surface area contributed by atoms with E-state index in [1.165, 1.54) is 10.5 Å². The van der Waals surface area contributed by atoms with E-state index in [-0.39, 0.29) is 0 Å². The molecule has 0 radical (unpaired) electrons. The summed E-state index contributed by atoms with van der Waals surface area (Å²) in [6.45, 7) is 2.93. The Morgan fingerprint density at radius 1 is 1.27 bits per heavy atom. The summed E-state index contributed by atoms with van der Waals surface area (Å²) in [5, 5.41) is 7.04. The Balaban J connectivity index is 1.77. The average molecular weight is 223 g/mol. The van der Waals surface area contributed by atoms with Crippen molar-refractivity contribution in [2.45, 2.75) is 6.42 Å². The summed E-state index contributed by atoms with van der Waals surface area (Å²) in [4.78, 5) is 5.47. The minimum atomic E-state index is 0.766. The van der Waals surface area contributed by atoms with Crippen molar-refractivity contribution in [1.29, 1.82) is 0 Å². The molecule has 0 bridgehead atoms. The molecule has 1 aliphatic heterocycles. The quantitative estimate of drug-likeness (QED) is 0.569. The molecule has 0 saturated carbocycles. The lowest BCUT2D eigenvalue weighted by atomic mass is 10.2. The van der Waals surface area contributed by atoms with Crippen LogP contribution in [-0.2, 0) is 6.42 Å². The summed E-state index contributed by atoms with van der Waals surface area (Å²) in [6, 6.07) is 4.13. The van der Waals surface area contributed by atoms with Crippen LogP contribution in [0.5, 0.6) is 0 Å².